The van der Waals surface area contributed by atoms with E-state index in [0.717, 1.165) is 23.2 Å². The van der Waals surface area contributed by atoms with Gasteiger partial charge in [-0.1, -0.05) is 12.1 Å². The number of hydrogen-bond donors (Lipinski definition) is 2. The van der Waals surface area contributed by atoms with Crippen LogP contribution in [-0.2, 0) is 6.42 Å². The molecule has 1 amide bonds. The van der Waals surface area contributed by atoms with Crippen LogP contribution in [-0.4, -0.2) is 26.7 Å². The van der Waals surface area contributed by atoms with Gasteiger partial charge in [-0.05, 0) is 43.2 Å². The van der Waals surface area contributed by atoms with Gasteiger partial charge in [0.15, 0.2) is 0 Å². The van der Waals surface area contributed by atoms with E-state index in [9.17, 15) is 4.79 Å². The molecular weight excluding hydrogens is 292 g/mol. The van der Waals surface area contributed by atoms with Crippen LogP contribution in [0.15, 0.2) is 36.4 Å². The van der Waals surface area contributed by atoms with Crippen LogP contribution in [0.1, 0.15) is 21.5 Å². The Kier molecular flexibility index (Phi) is 5.46. The van der Waals surface area contributed by atoms with Gasteiger partial charge in [-0.3, -0.25) is 4.79 Å². The van der Waals surface area contributed by atoms with Crippen LogP contribution in [0.25, 0.3) is 0 Å². The molecule has 3 N–H and O–H groups in total. The molecule has 0 aliphatic carbocycles. The van der Waals surface area contributed by atoms with Crippen molar-refractivity contribution < 1.29 is 14.3 Å². The lowest BCUT2D eigenvalue weighted by Crippen LogP contribution is -2.25. The lowest BCUT2D eigenvalue weighted by molar-refractivity contribution is 0.0953. The first-order valence-corrected chi connectivity index (χ1v) is 7.40. The summed E-state index contributed by atoms with van der Waals surface area (Å²) in [6, 6.07) is 11.1. The summed E-state index contributed by atoms with van der Waals surface area (Å²) in [7, 11) is 3.15. The van der Waals surface area contributed by atoms with Crippen molar-refractivity contribution in [3.63, 3.8) is 0 Å². The van der Waals surface area contributed by atoms with E-state index in [1.54, 1.807) is 26.4 Å². The van der Waals surface area contributed by atoms with Crippen molar-refractivity contribution >= 4 is 11.6 Å². The highest BCUT2D eigenvalue weighted by Gasteiger charge is 2.13. The summed E-state index contributed by atoms with van der Waals surface area (Å²) in [6.45, 7) is 2.43. The Labute approximate surface area is 136 Å². The molecule has 2 aromatic rings. The second-order valence-electron chi connectivity index (χ2n) is 5.25. The predicted molar refractivity (Wildman–Crippen MR) is 91.2 cm³/mol. The third kappa shape index (κ3) is 4.16. The Morgan fingerprint density at radius 2 is 1.65 bits per heavy atom. The van der Waals surface area contributed by atoms with Crippen LogP contribution >= 0.6 is 0 Å². The monoisotopic (exact) mass is 314 g/mol. The van der Waals surface area contributed by atoms with Crippen molar-refractivity contribution in [1.29, 1.82) is 0 Å². The highest BCUT2D eigenvalue weighted by molar-refractivity contribution is 5.95. The number of anilines is 1. The maximum atomic E-state index is 12.3. The molecule has 0 saturated carbocycles. The molecular formula is C18H22N2O3. The van der Waals surface area contributed by atoms with Crippen molar-refractivity contribution in [1.82, 2.24) is 5.32 Å². The van der Waals surface area contributed by atoms with Gasteiger partial charge in [-0.25, -0.2) is 0 Å². The summed E-state index contributed by atoms with van der Waals surface area (Å²) in [5, 5.41) is 2.90. The van der Waals surface area contributed by atoms with E-state index in [4.69, 9.17) is 15.2 Å². The average molecular weight is 314 g/mol. The fourth-order valence-corrected chi connectivity index (χ4v) is 2.32. The Bertz CT molecular complexity index is 656. The quantitative estimate of drug-likeness (QED) is 0.804. The summed E-state index contributed by atoms with van der Waals surface area (Å²) in [5.74, 6) is 1.11. The lowest BCUT2D eigenvalue weighted by Gasteiger charge is -2.12. The number of hydrogen-bond acceptors (Lipinski definition) is 4. The first-order valence-electron chi connectivity index (χ1n) is 7.40. The standard InChI is InChI=1S/C18H22N2O3/c1-12-16(22-2)10-14(11-17(12)23-3)18(21)20-9-8-13-4-6-15(19)7-5-13/h4-7,10-11H,8-9,19H2,1-3H3,(H,20,21). The maximum absolute atomic E-state index is 12.3. The number of rotatable bonds is 6. The van der Waals surface area contributed by atoms with E-state index in [0.29, 0.717) is 23.6 Å². The number of amides is 1. The van der Waals surface area contributed by atoms with E-state index in [-0.39, 0.29) is 5.91 Å². The molecule has 2 aromatic carbocycles. The van der Waals surface area contributed by atoms with Crippen molar-refractivity contribution in [3.05, 3.63) is 53.1 Å². The number of carbonyl (C=O) groups excluding carboxylic acids is 1. The Morgan fingerprint density at radius 1 is 1.09 bits per heavy atom. The zero-order valence-electron chi connectivity index (χ0n) is 13.7. The van der Waals surface area contributed by atoms with E-state index < -0.39 is 0 Å². The molecule has 0 aromatic heterocycles. The summed E-state index contributed by atoms with van der Waals surface area (Å²) in [4.78, 5) is 12.3. The van der Waals surface area contributed by atoms with Gasteiger partial charge in [0, 0.05) is 23.4 Å². The molecule has 23 heavy (non-hydrogen) atoms. The smallest absolute Gasteiger partial charge is 0.251 e. The van der Waals surface area contributed by atoms with Crippen molar-refractivity contribution in [2.75, 3.05) is 26.5 Å². The maximum Gasteiger partial charge on any atom is 0.251 e. The van der Waals surface area contributed by atoms with Gasteiger partial charge in [0.05, 0.1) is 14.2 Å². The average Bonchev–Trinajstić information content (AvgIpc) is 2.56. The minimum absolute atomic E-state index is 0.156. The van der Waals surface area contributed by atoms with Crippen LogP contribution in [0.3, 0.4) is 0 Å². The van der Waals surface area contributed by atoms with E-state index in [1.807, 2.05) is 31.2 Å². The summed E-state index contributed by atoms with van der Waals surface area (Å²) in [6.07, 6.45) is 0.742. The molecule has 0 unspecified atom stereocenters. The molecule has 0 heterocycles. The first-order chi connectivity index (χ1) is 11.0. The minimum Gasteiger partial charge on any atom is -0.496 e. The number of nitrogens with one attached hydrogen (secondary N) is 1. The summed E-state index contributed by atoms with van der Waals surface area (Å²) >= 11 is 0. The third-order valence-electron chi connectivity index (χ3n) is 3.69. The van der Waals surface area contributed by atoms with Gasteiger partial charge >= 0.3 is 0 Å². The molecule has 2 rings (SSSR count). The normalized spacial score (nSPS) is 10.2. The molecule has 5 nitrogen and oxygen atoms in total. The molecule has 0 aliphatic heterocycles. The molecule has 0 radical (unpaired) electrons. The molecule has 0 aliphatic rings. The van der Waals surface area contributed by atoms with Crippen LogP contribution in [0, 0.1) is 6.92 Å². The van der Waals surface area contributed by atoms with Crippen molar-refractivity contribution in [2.24, 2.45) is 0 Å². The SMILES string of the molecule is COc1cc(C(=O)NCCc2ccc(N)cc2)cc(OC)c1C. The molecule has 5 heteroatoms. The number of benzene rings is 2. The zero-order valence-corrected chi connectivity index (χ0v) is 13.7. The molecule has 0 fully saturated rings. The third-order valence-corrected chi connectivity index (χ3v) is 3.69. The molecule has 0 atom stereocenters. The lowest BCUT2D eigenvalue weighted by atomic mass is 10.1. The van der Waals surface area contributed by atoms with E-state index in [2.05, 4.69) is 5.32 Å². The number of ether oxygens (including phenoxy) is 2. The highest BCUT2D eigenvalue weighted by Crippen LogP contribution is 2.29. The predicted octanol–water partition coefficient (Wildman–Crippen LogP) is 2.57. The zero-order chi connectivity index (χ0) is 16.8. The second kappa shape index (κ2) is 7.54. The summed E-state index contributed by atoms with van der Waals surface area (Å²) in [5.41, 5.74) is 8.89. The largest absolute Gasteiger partial charge is 0.496 e. The number of methoxy groups -OCH3 is 2. The van der Waals surface area contributed by atoms with E-state index >= 15 is 0 Å². The second-order valence-corrected chi connectivity index (χ2v) is 5.25. The van der Waals surface area contributed by atoms with Crippen LogP contribution < -0.4 is 20.5 Å². The molecule has 0 saturated heterocycles. The first kappa shape index (κ1) is 16.7. The van der Waals surface area contributed by atoms with Gasteiger partial charge in [0.1, 0.15) is 11.5 Å². The van der Waals surface area contributed by atoms with Gasteiger partial charge < -0.3 is 20.5 Å². The molecule has 0 bridgehead atoms. The van der Waals surface area contributed by atoms with Gasteiger partial charge in [-0.2, -0.15) is 0 Å². The van der Waals surface area contributed by atoms with Crippen LogP contribution in [0.4, 0.5) is 5.69 Å². The molecule has 122 valence electrons. The number of nitrogen functional groups attached to an aromatic ring is 1. The topological polar surface area (TPSA) is 73.6 Å². The Morgan fingerprint density at radius 3 is 2.17 bits per heavy atom. The van der Waals surface area contributed by atoms with Crippen LogP contribution in [0.5, 0.6) is 11.5 Å². The van der Waals surface area contributed by atoms with Gasteiger partial charge in [-0.15, -0.1) is 0 Å². The molecule has 0 spiro atoms. The highest BCUT2D eigenvalue weighted by atomic mass is 16.5. The number of carbonyl (C=O) groups is 1. The van der Waals surface area contributed by atoms with Crippen molar-refractivity contribution in [2.45, 2.75) is 13.3 Å². The fourth-order valence-electron chi connectivity index (χ4n) is 2.32. The fraction of sp³-hybridized carbons (Fsp3) is 0.278. The Balaban J connectivity index is 2.01. The number of nitrogens with two attached hydrogens (primary N) is 1. The van der Waals surface area contributed by atoms with Gasteiger partial charge in [0.25, 0.3) is 5.91 Å². The van der Waals surface area contributed by atoms with Crippen molar-refractivity contribution in [3.8, 4) is 11.5 Å². The minimum atomic E-state index is -0.156. The van der Waals surface area contributed by atoms with E-state index in [1.165, 1.54) is 0 Å². The Hall–Kier alpha value is -2.69. The summed E-state index contributed by atoms with van der Waals surface area (Å²) < 4.78 is 10.6. The van der Waals surface area contributed by atoms with Gasteiger partial charge in [0.2, 0.25) is 0 Å². The van der Waals surface area contributed by atoms with Crippen LogP contribution in [0.2, 0.25) is 0 Å².